The van der Waals surface area contributed by atoms with Gasteiger partial charge in [0, 0.05) is 55.8 Å². The van der Waals surface area contributed by atoms with Crippen molar-refractivity contribution in [2.45, 2.75) is 57.0 Å². The predicted molar refractivity (Wildman–Crippen MR) is 150 cm³/mol. The first-order chi connectivity index (χ1) is 18.0. The number of fused-ring (bicyclic) bond motifs is 1. The predicted octanol–water partition coefficient (Wildman–Crippen LogP) is 4.44. The van der Waals surface area contributed by atoms with Gasteiger partial charge in [-0.05, 0) is 49.4 Å². The van der Waals surface area contributed by atoms with Crippen molar-refractivity contribution in [2.75, 3.05) is 39.8 Å². The molecule has 37 heavy (non-hydrogen) atoms. The number of amides is 1. The number of nitrogens with one attached hydrogen (secondary N) is 1. The number of carbonyl (C=O) groups excluding carboxylic acids is 1. The molecule has 0 bridgehead atoms. The number of benzene rings is 2. The molecule has 1 saturated heterocycles. The number of piperazine rings is 1. The Morgan fingerprint density at radius 1 is 0.946 bits per heavy atom. The zero-order valence-electron chi connectivity index (χ0n) is 22.1. The molecule has 6 nitrogen and oxygen atoms in total. The molecule has 2 fully saturated rings. The number of aromatic amines is 1. The van der Waals surface area contributed by atoms with Gasteiger partial charge in [0.15, 0.2) is 0 Å². The molecule has 1 aliphatic heterocycles. The van der Waals surface area contributed by atoms with Crippen LogP contribution >= 0.6 is 0 Å². The van der Waals surface area contributed by atoms with Crippen molar-refractivity contribution in [2.24, 2.45) is 0 Å². The van der Waals surface area contributed by atoms with Crippen molar-refractivity contribution in [1.29, 1.82) is 0 Å². The van der Waals surface area contributed by atoms with Crippen LogP contribution in [-0.2, 0) is 17.8 Å². The molecule has 1 aromatic heterocycles. The van der Waals surface area contributed by atoms with Crippen molar-refractivity contribution in [3.05, 3.63) is 82.1 Å². The van der Waals surface area contributed by atoms with E-state index in [4.69, 9.17) is 0 Å². The van der Waals surface area contributed by atoms with Gasteiger partial charge in [0.1, 0.15) is 0 Å². The average molecular weight is 501 g/mol. The highest BCUT2D eigenvalue weighted by Crippen LogP contribution is 2.36. The number of carbonyl (C=O) groups is 1. The van der Waals surface area contributed by atoms with Gasteiger partial charge in [-0.25, -0.2) is 0 Å². The molecule has 2 aromatic carbocycles. The largest absolute Gasteiger partial charge is 0.336 e. The summed E-state index contributed by atoms with van der Waals surface area (Å²) in [6, 6.07) is 20.0. The van der Waals surface area contributed by atoms with Gasteiger partial charge in [0.05, 0.1) is 6.54 Å². The van der Waals surface area contributed by atoms with E-state index in [0.717, 1.165) is 49.9 Å². The van der Waals surface area contributed by atoms with Crippen LogP contribution in [0.15, 0.2) is 65.5 Å². The van der Waals surface area contributed by atoms with Gasteiger partial charge in [0.25, 0.3) is 5.56 Å². The molecular weight excluding hydrogens is 460 g/mol. The molecule has 1 amide bonds. The van der Waals surface area contributed by atoms with Crippen LogP contribution in [0, 0.1) is 0 Å². The number of hydrogen-bond acceptors (Lipinski definition) is 4. The second-order valence-corrected chi connectivity index (χ2v) is 11.0. The number of aromatic nitrogens is 1. The van der Waals surface area contributed by atoms with Gasteiger partial charge in [0.2, 0.25) is 5.91 Å². The Labute approximate surface area is 220 Å². The number of likely N-dealkylation sites (N-methyl/N-ethyl adjacent to an activating group) is 1. The molecule has 0 radical (unpaired) electrons. The molecule has 2 heterocycles. The fraction of sp³-hybridized carbons (Fsp3) is 0.484. The normalized spacial score (nSPS) is 18.6. The molecule has 1 aliphatic carbocycles. The van der Waals surface area contributed by atoms with E-state index in [9.17, 15) is 9.59 Å². The van der Waals surface area contributed by atoms with E-state index in [-0.39, 0.29) is 17.0 Å². The standard InChI is InChI=1S/C31H40N4O2/c1-33-18-20-35(21-19-33)31(16-8-3-9-17-31)24-34(29(36)15-14-25-10-4-2-5-11-25)23-27-22-26-12-6-7-13-28(26)32-30(27)37/h2,4-7,10-13,22H,3,8-9,14-21,23-24H2,1H3,(H,32,37). The van der Waals surface area contributed by atoms with E-state index in [2.05, 4.69) is 34.0 Å². The van der Waals surface area contributed by atoms with E-state index in [1.54, 1.807) is 0 Å². The van der Waals surface area contributed by atoms with Crippen molar-refractivity contribution < 1.29 is 4.79 Å². The molecule has 0 spiro atoms. The number of pyridine rings is 1. The van der Waals surface area contributed by atoms with E-state index >= 15 is 0 Å². The molecule has 0 atom stereocenters. The third kappa shape index (κ3) is 6.13. The summed E-state index contributed by atoms with van der Waals surface area (Å²) in [7, 11) is 2.19. The van der Waals surface area contributed by atoms with Crippen molar-refractivity contribution in [3.8, 4) is 0 Å². The SMILES string of the molecule is CN1CCN(C2(CN(Cc3cc4ccccc4[nH]c3=O)C(=O)CCc3ccccc3)CCCCC2)CC1. The summed E-state index contributed by atoms with van der Waals surface area (Å²) in [4.78, 5) is 37.0. The lowest BCUT2D eigenvalue weighted by Crippen LogP contribution is -2.62. The Morgan fingerprint density at radius 3 is 2.41 bits per heavy atom. The molecule has 5 rings (SSSR count). The molecule has 0 unspecified atom stereocenters. The van der Waals surface area contributed by atoms with Crippen molar-refractivity contribution >= 4 is 16.8 Å². The lowest BCUT2D eigenvalue weighted by molar-refractivity contribution is -0.135. The minimum Gasteiger partial charge on any atom is -0.336 e. The van der Waals surface area contributed by atoms with Crippen LogP contribution in [0.1, 0.15) is 49.7 Å². The molecule has 2 aliphatic rings. The Kier molecular flexibility index (Phi) is 8.06. The number of aryl methyl sites for hydroxylation is 1. The number of H-pyrrole nitrogens is 1. The Balaban J connectivity index is 1.43. The van der Waals surface area contributed by atoms with Crippen LogP contribution in [0.25, 0.3) is 10.9 Å². The first-order valence-corrected chi connectivity index (χ1v) is 13.9. The first-order valence-electron chi connectivity index (χ1n) is 13.9. The zero-order valence-corrected chi connectivity index (χ0v) is 22.1. The smallest absolute Gasteiger partial charge is 0.253 e. The van der Waals surface area contributed by atoms with Gasteiger partial charge in [-0.1, -0.05) is 67.8 Å². The average Bonchev–Trinajstić information content (AvgIpc) is 2.93. The molecule has 6 heteroatoms. The highest BCUT2D eigenvalue weighted by Gasteiger charge is 2.41. The summed E-state index contributed by atoms with van der Waals surface area (Å²) < 4.78 is 0. The van der Waals surface area contributed by atoms with Crippen LogP contribution in [0.3, 0.4) is 0 Å². The summed E-state index contributed by atoms with van der Waals surface area (Å²) in [5, 5.41) is 1.00. The number of nitrogens with zero attached hydrogens (tertiary/aromatic N) is 3. The lowest BCUT2D eigenvalue weighted by Gasteiger charge is -2.51. The lowest BCUT2D eigenvalue weighted by atomic mass is 9.79. The third-order valence-corrected chi connectivity index (χ3v) is 8.46. The maximum absolute atomic E-state index is 13.8. The Morgan fingerprint density at radius 2 is 1.65 bits per heavy atom. The van der Waals surface area contributed by atoms with Crippen LogP contribution in [0.4, 0.5) is 0 Å². The van der Waals surface area contributed by atoms with E-state index in [1.165, 1.54) is 24.8 Å². The third-order valence-electron chi connectivity index (χ3n) is 8.46. The summed E-state index contributed by atoms with van der Waals surface area (Å²) in [5.41, 5.74) is 2.56. The Bertz CT molecular complexity index is 1240. The minimum absolute atomic E-state index is 0.00841. The second kappa shape index (κ2) is 11.6. The van der Waals surface area contributed by atoms with Crippen LogP contribution in [0.2, 0.25) is 0 Å². The van der Waals surface area contributed by atoms with Crippen molar-refractivity contribution in [1.82, 2.24) is 19.7 Å². The van der Waals surface area contributed by atoms with Crippen molar-refractivity contribution in [3.63, 3.8) is 0 Å². The number of rotatable bonds is 8. The van der Waals surface area contributed by atoms with E-state index in [0.29, 0.717) is 31.5 Å². The second-order valence-electron chi connectivity index (χ2n) is 11.0. The minimum atomic E-state index is -0.100. The molecule has 1 saturated carbocycles. The topological polar surface area (TPSA) is 59.6 Å². The quantitative estimate of drug-likeness (QED) is 0.497. The Hall–Kier alpha value is -2.96. The maximum atomic E-state index is 13.8. The fourth-order valence-electron chi connectivity index (χ4n) is 6.22. The van der Waals surface area contributed by atoms with E-state index < -0.39 is 0 Å². The van der Waals surface area contributed by atoms with Gasteiger partial charge < -0.3 is 14.8 Å². The van der Waals surface area contributed by atoms with Gasteiger partial charge in [-0.3, -0.25) is 14.5 Å². The number of hydrogen-bond donors (Lipinski definition) is 1. The maximum Gasteiger partial charge on any atom is 0.253 e. The fourth-order valence-corrected chi connectivity index (χ4v) is 6.22. The van der Waals surface area contributed by atoms with Crippen LogP contribution in [-0.4, -0.2) is 70.9 Å². The van der Waals surface area contributed by atoms with Crippen LogP contribution < -0.4 is 5.56 Å². The van der Waals surface area contributed by atoms with Gasteiger partial charge >= 0.3 is 0 Å². The molecule has 1 N–H and O–H groups in total. The number of para-hydroxylation sites is 1. The molecule has 196 valence electrons. The summed E-state index contributed by atoms with van der Waals surface area (Å²) >= 11 is 0. The summed E-state index contributed by atoms with van der Waals surface area (Å²) in [6.45, 7) is 5.25. The highest BCUT2D eigenvalue weighted by molar-refractivity contribution is 5.79. The monoisotopic (exact) mass is 500 g/mol. The van der Waals surface area contributed by atoms with Gasteiger partial charge in [-0.2, -0.15) is 0 Å². The first kappa shape index (κ1) is 25.7. The molecular formula is C31H40N4O2. The van der Waals surface area contributed by atoms with E-state index in [1.807, 2.05) is 53.4 Å². The molecule has 3 aromatic rings. The van der Waals surface area contributed by atoms with Crippen LogP contribution in [0.5, 0.6) is 0 Å². The summed E-state index contributed by atoms with van der Waals surface area (Å²) in [6.07, 6.45) is 7.08. The summed E-state index contributed by atoms with van der Waals surface area (Å²) in [5.74, 6) is 0.135. The highest BCUT2D eigenvalue weighted by atomic mass is 16.2. The zero-order chi connectivity index (χ0) is 25.7. The van der Waals surface area contributed by atoms with Gasteiger partial charge in [-0.15, -0.1) is 0 Å².